The Balaban J connectivity index is 1.86. The van der Waals surface area contributed by atoms with Gasteiger partial charge in [-0.25, -0.2) is 0 Å². The minimum atomic E-state index is 0.786. The molecule has 0 heterocycles. The van der Waals surface area contributed by atoms with Crippen LogP contribution in [0.4, 0.5) is 0 Å². The summed E-state index contributed by atoms with van der Waals surface area (Å²) >= 11 is 0. The minimum Gasteiger partial charge on any atom is -0.382 e. The Labute approximate surface area is 117 Å². The first-order valence-corrected chi connectivity index (χ1v) is 7.46. The standard InChI is InChI=1S/C14H29N3O2/c1-3-18-10-4-8-16-14(15-2)17-9-5-11-19-12-13-6-7-13/h13H,3-12H2,1-2H3,(H2,15,16,17). The van der Waals surface area contributed by atoms with Gasteiger partial charge in [0.2, 0.25) is 0 Å². The largest absolute Gasteiger partial charge is 0.382 e. The van der Waals surface area contributed by atoms with Crippen LogP contribution in [0.25, 0.3) is 0 Å². The maximum atomic E-state index is 5.58. The molecule has 5 heteroatoms. The van der Waals surface area contributed by atoms with E-state index in [1.54, 1.807) is 7.05 Å². The van der Waals surface area contributed by atoms with Gasteiger partial charge in [0, 0.05) is 46.6 Å². The molecule has 1 rings (SSSR count). The zero-order valence-corrected chi connectivity index (χ0v) is 12.4. The number of aliphatic imine (C=N–C) groups is 1. The highest BCUT2D eigenvalue weighted by Crippen LogP contribution is 2.28. The SMILES string of the molecule is CCOCCCNC(=NC)NCCCOCC1CC1. The van der Waals surface area contributed by atoms with E-state index in [0.717, 1.165) is 64.2 Å². The lowest BCUT2D eigenvalue weighted by Crippen LogP contribution is -2.38. The number of ether oxygens (including phenoxy) is 2. The summed E-state index contributed by atoms with van der Waals surface area (Å²) in [5, 5.41) is 6.55. The van der Waals surface area contributed by atoms with Gasteiger partial charge in [-0.15, -0.1) is 0 Å². The second-order valence-corrected chi connectivity index (χ2v) is 4.85. The third-order valence-corrected chi connectivity index (χ3v) is 2.99. The molecule has 0 amide bonds. The van der Waals surface area contributed by atoms with Crippen LogP contribution in [0, 0.1) is 5.92 Å². The molecule has 0 spiro atoms. The fourth-order valence-corrected chi connectivity index (χ4v) is 1.66. The first-order chi connectivity index (χ1) is 9.36. The molecular formula is C14H29N3O2. The molecular weight excluding hydrogens is 242 g/mol. The number of hydrogen-bond acceptors (Lipinski definition) is 3. The molecule has 0 bridgehead atoms. The number of nitrogens with zero attached hydrogens (tertiary/aromatic N) is 1. The lowest BCUT2D eigenvalue weighted by Gasteiger charge is -2.11. The molecule has 1 aliphatic carbocycles. The number of rotatable bonds is 11. The van der Waals surface area contributed by atoms with Crippen LogP contribution in [-0.2, 0) is 9.47 Å². The highest BCUT2D eigenvalue weighted by Gasteiger charge is 2.20. The summed E-state index contributed by atoms with van der Waals surface area (Å²) < 4.78 is 10.9. The molecule has 0 aromatic carbocycles. The molecule has 0 saturated heterocycles. The highest BCUT2D eigenvalue weighted by atomic mass is 16.5. The summed E-state index contributed by atoms with van der Waals surface area (Å²) in [7, 11) is 1.79. The van der Waals surface area contributed by atoms with Crippen LogP contribution in [0.2, 0.25) is 0 Å². The molecule has 1 aliphatic rings. The van der Waals surface area contributed by atoms with Crippen molar-refractivity contribution in [3.05, 3.63) is 0 Å². The normalized spacial score (nSPS) is 15.6. The van der Waals surface area contributed by atoms with Gasteiger partial charge in [0.25, 0.3) is 0 Å². The Kier molecular flexibility index (Phi) is 9.45. The van der Waals surface area contributed by atoms with E-state index >= 15 is 0 Å². The van der Waals surface area contributed by atoms with Crippen LogP contribution in [0.5, 0.6) is 0 Å². The van der Waals surface area contributed by atoms with Gasteiger partial charge < -0.3 is 20.1 Å². The topological polar surface area (TPSA) is 54.9 Å². The molecule has 0 aromatic rings. The zero-order valence-electron chi connectivity index (χ0n) is 12.4. The molecule has 0 aliphatic heterocycles. The number of nitrogens with one attached hydrogen (secondary N) is 2. The molecule has 0 aromatic heterocycles. The lowest BCUT2D eigenvalue weighted by atomic mass is 10.4. The fraction of sp³-hybridized carbons (Fsp3) is 0.929. The highest BCUT2D eigenvalue weighted by molar-refractivity contribution is 5.79. The van der Waals surface area contributed by atoms with Crippen LogP contribution >= 0.6 is 0 Å². The Bertz CT molecular complexity index is 243. The van der Waals surface area contributed by atoms with E-state index in [-0.39, 0.29) is 0 Å². The molecule has 2 N–H and O–H groups in total. The van der Waals surface area contributed by atoms with Crippen molar-refractivity contribution in [2.24, 2.45) is 10.9 Å². The summed E-state index contributed by atoms with van der Waals surface area (Å²) in [6.07, 6.45) is 4.73. The average molecular weight is 271 g/mol. The van der Waals surface area contributed by atoms with Gasteiger partial charge in [-0.1, -0.05) is 0 Å². The monoisotopic (exact) mass is 271 g/mol. The van der Waals surface area contributed by atoms with E-state index in [9.17, 15) is 0 Å². The van der Waals surface area contributed by atoms with E-state index in [0.29, 0.717) is 0 Å². The number of guanidine groups is 1. The number of hydrogen-bond donors (Lipinski definition) is 2. The third-order valence-electron chi connectivity index (χ3n) is 2.99. The Morgan fingerprint density at radius 2 is 1.74 bits per heavy atom. The molecule has 112 valence electrons. The second kappa shape index (κ2) is 11.1. The molecule has 0 atom stereocenters. The maximum absolute atomic E-state index is 5.58. The minimum absolute atomic E-state index is 0.786. The van der Waals surface area contributed by atoms with Crippen molar-refractivity contribution in [3.8, 4) is 0 Å². The average Bonchev–Trinajstić information content (AvgIpc) is 3.24. The maximum Gasteiger partial charge on any atom is 0.190 e. The van der Waals surface area contributed by atoms with Crippen LogP contribution in [0.3, 0.4) is 0 Å². The van der Waals surface area contributed by atoms with E-state index < -0.39 is 0 Å². The molecule has 5 nitrogen and oxygen atoms in total. The van der Waals surface area contributed by atoms with Crippen molar-refractivity contribution in [2.45, 2.75) is 32.6 Å². The van der Waals surface area contributed by atoms with E-state index in [1.165, 1.54) is 12.8 Å². The first kappa shape index (κ1) is 16.2. The van der Waals surface area contributed by atoms with Gasteiger partial charge in [-0.2, -0.15) is 0 Å². The second-order valence-electron chi connectivity index (χ2n) is 4.85. The molecule has 19 heavy (non-hydrogen) atoms. The fourth-order valence-electron chi connectivity index (χ4n) is 1.66. The van der Waals surface area contributed by atoms with Crippen molar-refractivity contribution < 1.29 is 9.47 Å². The van der Waals surface area contributed by atoms with Gasteiger partial charge in [0.05, 0.1) is 0 Å². The van der Waals surface area contributed by atoms with Crippen LogP contribution in [-0.4, -0.2) is 52.5 Å². The van der Waals surface area contributed by atoms with Crippen LogP contribution < -0.4 is 10.6 Å². The predicted octanol–water partition coefficient (Wildman–Crippen LogP) is 1.39. The first-order valence-electron chi connectivity index (χ1n) is 7.46. The molecule has 0 radical (unpaired) electrons. The van der Waals surface area contributed by atoms with Gasteiger partial charge in [0.1, 0.15) is 0 Å². The van der Waals surface area contributed by atoms with E-state index in [2.05, 4.69) is 15.6 Å². The van der Waals surface area contributed by atoms with Crippen LogP contribution in [0.1, 0.15) is 32.6 Å². The molecule has 1 saturated carbocycles. The van der Waals surface area contributed by atoms with Gasteiger partial charge in [-0.3, -0.25) is 4.99 Å². The molecule has 0 unspecified atom stereocenters. The van der Waals surface area contributed by atoms with Crippen molar-refractivity contribution in [1.82, 2.24) is 10.6 Å². The van der Waals surface area contributed by atoms with Crippen molar-refractivity contribution >= 4 is 5.96 Å². The summed E-state index contributed by atoms with van der Waals surface area (Å²) in [6, 6.07) is 0. The smallest absolute Gasteiger partial charge is 0.190 e. The Hall–Kier alpha value is -0.810. The van der Waals surface area contributed by atoms with Crippen molar-refractivity contribution in [2.75, 3.05) is 46.6 Å². The summed E-state index contributed by atoms with van der Waals surface area (Å²) in [5.74, 6) is 1.71. The van der Waals surface area contributed by atoms with Crippen LogP contribution in [0.15, 0.2) is 4.99 Å². The van der Waals surface area contributed by atoms with Gasteiger partial charge in [-0.05, 0) is 38.5 Å². The third kappa shape index (κ3) is 9.73. The van der Waals surface area contributed by atoms with Gasteiger partial charge >= 0.3 is 0 Å². The summed E-state index contributed by atoms with van der Waals surface area (Å²) in [4.78, 5) is 4.17. The zero-order chi connectivity index (χ0) is 13.8. The Morgan fingerprint density at radius 3 is 2.26 bits per heavy atom. The molecule has 1 fully saturated rings. The quantitative estimate of drug-likeness (QED) is 0.339. The van der Waals surface area contributed by atoms with E-state index in [1.807, 2.05) is 6.92 Å². The van der Waals surface area contributed by atoms with E-state index in [4.69, 9.17) is 9.47 Å². The Morgan fingerprint density at radius 1 is 1.11 bits per heavy atom. The summed E-state index contributed by atoms with van der Waals surface area (Å²) in [6.45, 7) is 7.17. The predicted molar refractivity (Wildman–Crippen MR) is 78.6 cm³/mol. The lowest BCUT2D eigenvalue weighted by molar-refractivity contribution is 0.123. The van der Waals surface area contributed by atoms with Crippen molar-refractivity contribution in [3.63, 3.8) is 0 Å². The van der Waals surface area contributed by atoms with Gasteiger partial charge in [0.15, 0.2) is 5.96 Å². The summed E-state index contributed by atoms with van der Waals surface area (Å²) in [5.41, 5.74) is 0. The van der Waals surface area contributed by atoms with Crippen molar-refractivity contribution in [1.29, 1.82) is 0 Å².